The van der Waals surface area contributed by atoms with E-state index < -0.39 is 5.54 Å². The predicted octanol–water partition coefficient (Wildman–Crippen LogP) is 2.33. The standard InChI is InChI=1S/C19H22N2O2/c20-19(11-12-23-15-19)18(22)21(13-16-7-3-1-4-8-16)14-17-9-5-2-6-10-17/h1-10H,11-15,20H2. The van der Waals surface area contributed by atoms with Gasteiger partial charge in [0.2, 0.25) is 5.91 Å². The molecule has 1 amide bonds. The molecule has 1 unspecified atom stereocenters. The molecular weight excluding hydrogens is 288 g/mol. The molecule has 1 fully saturated rings. The molecule has 23 heavy (non-hydrogen) atoms. The Morgan fingerprint density at radius 3 is 1.96 bits per heavy atom. The van der Waals surface area contributed by atoms with E-state index in [2.05, 4.69) is 0 Å². The van der Waals surface area contributed by atoms with Crippen LogP contribution in [0.3, 0.4) is 0 Å². The summed E-state index contributed by atoms with van der Waals surface area (Å²) in [5.41, 5.74) is 7.59. The predicted molar refractivity (Wildman–Crippen MR) is 89.5 cm³/mol. The average Bonchev–Trinajstić information content (AvgIpc) is 3.03. The van der Waals surface area contributed by atoms with Crippen LogP contribution in [0, 0.1) is 0 Å². The lowest BCUT2D eigenvalue weighted by Crippen LogP contribution is -2.55. The zero-order valence-electron chi connectivity index (χ0n) is 13.2. The number of carbonyl (C=O) groups is 1. The number of ether oxygens (including phenoxy) is 1. The Morgan fingerprint density at radius 2 is 1.52 bits per heavy atom. The van der Waals surface area contributed by atoms with Gasteiger partial charge in [0.1, 0.15) is 5.54 Å². The van der Waals surface area contributed by atoms with E-state index in [1.807, 2.05) is 65.6 Å². The van der Waals surface area contributed by atoms with Crippen LogP contribution in [0.15, 0.2) is 60.7 Å². The van der Waals surface area contributed by atoms with Crippen LogP contribution in [0.5, 0.6) is 0 Å². The zero-order chi connectivity index (χ0) is 16.1. The Hall–Kier alpha value is -2.17. The van der Waals surface area contributed by atoms with Crippen molar-refractivity contribution < 1.29 is 9.53 Å². The van der Waals surface area contributed by atoms with Gasteiger partial charge >= 0.3 is 0 Å². The van der Waals surface area contributed by atoms with Crippen LogP contribution in [0.4, 0.5) is 0 Å². The van der Waals surface area contributed by atoms with Gasteiger partial charge in [0.05, 0.1) is 6.61 Å². The molecule has 4 nitrogen and oxygen atoms in total. The minimum absolute atomic E-state index is 0.0392. The second kappa shape index (κ2) is 6.94. The lowest BCUT2D eigenvalue weighted by atomic mass is 9.97. The van der Waals surface area contributed by atoms with E-state index in [1.165, 1.54) is 0 Å². The van der Waals surface area contributed by atoms with Crippen LogP contribution in [-0.2, 0) is 22.6 Å². The van der Waals surface area contributed by atoms with Crippen molar-refractivity contribution in [3.8, 4) is 0 Å². The lowest BCUT2D eigenvalue weighted by molar-refractivity contribution is -0.138. The SMILES string of the molecule is NC1(C(=O)N(Cc2ccccc2)Cc2ccccc2)CCOC1. The van der Waals surface area contributed by atoms with Crippen LogP contribution in [0.1, 0.15) is 17.5 Å². The first-order chi connectivity index (χ1) is 11.2. The molecule has 0 aliphatic carbocycles. The van der Waals surface area contributed by atoms with Crippen molar-refractivity contribution in [3.05, 3.63) is 71.8 Å². The first-order valence-corrected chi connectivity index (χ1v) is 7.91. The monoisotopic (exact) mass is 310 g/mol. The molecule has 120 valence electrons. The summed E-state index contributed by atoms with van der Waals surface area (Å²) in [5.74, 6) is -0.0392. The number of hydrogen-bond acceptors (Lipinski definition) is 3. The Bertz CT molecular complexity index is 595. The molecule has 1 saturated heterocycles. The molecule has 1 aliphatic heterocycles. The lowest BCUT2D eigenvalue weighted by Gasteiger charge is -2.31. The van der Waals surface area contributed by atoms with Gasteiger partial charge in [0, 0.05) is 19.7 Å². The molecule has 2 N–H and O–H groups in total. The first-order valence-electron chi connectivity index (χ1n) is 7.91. The van der Waals surface area contributed by atoms with Gasteiger partial charge in [-0.15, -0.1) is 0 Å². The Kier molecular flexibility index (Phi) is 4.74. The summed E-state index contributed by atoms with van der Waals surface area (Å²) < 4.78 is 5.36. The van der Waals surface area contributed by atoms with Gasteiger partial charge in [-0.05, 0) is 17.5 Å². The summed E-state index contributed by atoms with van der Waals surface area (Å²) in [4.78, 5) is 14.8. The molecule has 0 spiro atoms. The van der Waals surface area contributed by atoms with Gasteiger partial charge in [0.15, 0.2) is 0 Å². The number of rotatable bonds is 5. The highest BCUT2D eigenvalue weighted by molar-refractivity contribution is 5.86. The number of amides is 1. The van der Waals surface area contributed by atoms with Crippen molar-refractivity contribution in [3.63, 3.8) is 0 Å². The molecule has 3 rings (SSSR count). The third-order valence-corrected chi connectivity index (χ3v) is 4.20. The van der Waals surface area contributed by atoms with Crippen molar-refractivity contribution in [1.82, 2.24) is 4.90 Å². The van der Waals surface area contributed by atoms with Gasteiger partial charge < -0.3 is 15.4 Å². The van der Waals surface area contributed by atoms with E-state index in [4.69, 9.17) is 10.5 Å². The normalized spacial score (nSPS) is 20.4. The van der Waals surface area contributed by atoms with E-state index in [0.29, 0.717) is 32.7 Å². The Balaban J connectivity index is 1.82. The molecule has 2 aromatic carbocycles. The van der Waals surface area contributed by atoms with Gasteiger partial charge in [-0.3, -0.25) is 4.79 Å². The van der Waals surface area contributed by atoms with E-state index >= 15 is 0 Å². The second-order valence-electron chi connectivity index (χ2n) is 6.09. The first kappa shape index (κ1) is 15.7. The maximum Gasteiger partial charge on any atom is 0.245 e. The maximum absolute atomic E-state index is 13.0. The molecule has 0 radical (unpaired) electrons. The van der Waals surface area contributed by atoms with Crippen LogP contribution < -0.4 is 5.73 Å². The number of hydrogen-bond donors (Lipinski definition) is 1. The van der Waals surface area contributed by atoms with Crippen LogP contribution >= 0.6 is 0 Å². The number of carbonyl (C=O) groups excluding carboxylic acids is 1. The molecule has 2 aromatic rings. The number of nitrogens with two attached hydrogens (primary N) is 1. The number of benzene rings is 2. The minimum Gasteiger partial charge on any atom is -0.379 e. The quantitative estimate of drug-likeness (QED) is 0.922. The maximum atomic E-state index is 13.0. The second-order valence-corrected chi connectivity index (χ2v) is 6.09. The van der Waals surface area contributed by atoms with Gasteiger partial charge in [0.25, 0.3) is 0 Å². The van der Waals surface area contributed by atoms with Crippen molar-refractivity contribution in [2.75, 3.05) is 13.2 Å². The number of nitrogens with zero attached hydrogens (tertiary/aromatic N) is 1. The molecule has 1 heterocycles. The molecule has 0 aromatic heterocycles. The van der Waals surface area contributed by atoms with E-state index in [1.54, 1.807) is 0 Å². The third-order valence-electron chi connectivity index (χ3n) is 4.20. The van der Waals surface area contributed by atoms with Crippen molar-refractivity contribution in [2.45, 2.75) is 25.0 Å². The summed E-state index contributed by atoms with van der Waals surface area (Å²) in [6, 6.07) is 20.0. The summed E-state index contributed by atoms with van der Waals surface area (Å²) >= 11 is 0. The molecule has 4 heteroatoms. The van der Waals surface area contributed by atoms with Crippen molar-refractivity contribution >= 4 is 5.91 Å². The Labute approximate surface area is 136 Å². The van der Waals surface area contributed by atoms with Crippen LogP contribution in [-0.4, -0.2) is 29.6 Å². The van der Waals surface area contributed by atoms with Gasteiger partial charge in [-0.1, -0.05) is 60.7 Å². The molecule has 0 saturated carbocycles. The zero-order valence-corrected chi connectivity index (χ0v) is 13.2. The molecule has 0 bridgehead atoms. The highest BCUT2D eigenvalue weighted by Crippen LogP contribution is 2.21. The van der Waals surface area contributed by atoms with E-state index in [9.17, 15) is 4.79 Å². The van der Waals surface area contributed by atoms with Gasteiger partial charge in [-0.2, -0.15) is 0 Å². The molecule has 1 aliphatic rings. The Morgan fingerprint density at radius 1 is 1.00 bits per heavy atom. The smallest absolute Gasteiger partial charge is 0.245 e. The fraction of sp³-hybridized carbons (Fsp3) is 0.316. The highest BCUT2D eigenvalue weighted by atomic mass is 16.5. The average molecular weight is 310 g/mol. The minimum atomic E-state index is -0.899. The van der Waals surface area contributed by atoms with E-state index in [0.717, 1.165) is 11.1 Å². The fourth-order valence-corrected chi connectivity index (χ4v) is 2.87. The summed E-state index contributed by atoms with van der Waals surface area (Å²) in [7, 11) is 0. The third kappa shape index (κ3) is 3.78. The highest BCUT2D eigenvalue weighted by Gasteiger charge is 2.41. The van der Waals surface area contributed by atoms with Crippen LogP contribution in [0.2, 0.25) is 0 Å². The summed E-state index contributed by atoms with van der Waals surface area (Å²) in [5, 5.41) is 0. The van der Waals surface area contributed by atoms with Crippen molar-refractivity contribution in [1.29, 1.82) is 0 Å². The van der Waals surface area contributed by atoms with Crippen molar-refractivity contribution in [2.24, 2.45) is 5.73 Å². The molecular formula is C19H22N2O2. The van der Waals surface area contributed by atoms with E-state index in [-0.39, 0.29) is 5.91 Å². The van der Waals surface area contributed by atoms with Gasteiger partial charge in [-0.25, -0.2) is 0 Å². The fourth-order valence-electron chi connectivity index (χ4n) is 2.87. The molecule has 1 atom stereocenters. The summed E-state index contributed by atoms with van der Waals surface area (Å²) in [6.07, 6.45) is 0.575. The topological polar surface area (TPSA) is 55.6 Å². The largest absolute Gasteiger partial charge is 0.379 e. The van der Waals surface area contributed by atoms with Crippen LogP contribution in [0.25, 0.3) is 0 Å². The summed E-state index contributed by atoms with van der Waals surface area (Å²) in [6.45, 7) is 1.94.